The largest absolute Gasteiger partial charge is 0.350 e. The Morgan fingerprint density at radius 1 is 1.24 bits per heavy atom. The van der Waals surface area contributed by atoms with Crippen LogP contribution in [-0.2, 0) is 13.5 Å². The minimum Gasteiger partial charge on any atom is -0.350 e. The van der Waals surface area contributed by atoms with Crippen LogP contribution in [0.15, 0.2) is 48.8 Å². The zero-order valence-corrected chi connectivity index (χ0v) is 14.8. The van der Waals surface area contributed by atoms with E-state index >= 15 is 0 Å². The Morgan fingerprint density at radius 3 is 2.68 bits per heavy atom. The molecule has 0 fully saturated rings. The number of nitrogens with zero attached hydrogens (tertiary/aromatic N) is 4. The summed E-state index contributed by atoms with van der Waals surface area (Å²) in [5, 5.41) is 11.7. The summed E-state index contributed by atoms with van der Waals surface area (Å²) in [4.78, 5) is 12.3. The Kier molecular flexibility index (Phi) is 4.97. The smallest absolute Gasteiger partial charge is 0.269 e. The fraction of sp³-hybridized carbons (Fsp3) is 0.316. The van der Waals surface area contributed by atoms with Crippen molar-refractivity contribution < 1.29 is 4.79 Å². The molecule has 0 unspecified atom stereocenters. The van der Waals surface area contributed by atoms with Crippen molar-refractivity contribution in [2.75, 3.05) is 6.54 Å². The molecule has 0 aliphatic heterocycles. The normalized spacial score (nSPS) is 11.0. The van der Waals surface area contributed by atoms with Gasteiger partial charge in [-0.05, 0) is 36.1 Å². The van der Waals surface area contributed by atoms with Crippen molar-refractivity contribution in [2.45, 2.75) is 26.2 Å². The highest BCUT2D eigenvalue weighted by molar-refractivity contribution is 5.92. The number of rotatable bonds is 6. The molecule has 1 aromatic carbocycles. The maximum absolute atomic E-state index is 12.3. The fourth-order valence-electron chi connectivity index (χ4n) is 2.61. The molecule has 25 heavy (non-hydrogen) atoms. The van der Waals surface area contributed by atoms with E-state index in [-0.39, 0.29) is 5.91 Å². The van der Waals surface area contributed by atoms with Crippen molar-refractivity contribution in [1.29, 1.82) is 0 Å². The number of carbonyl (C=O) groups is 1. The van der Waals surface area contributed by atoms with E-state index in [1.807, 2.05) is 53.5 Å². The minimum absolute atomic E-state index is 0.0997. The molecule has 6 nitrogen and oxygen atoms in total. The first-order valence-corrected chi connectivity index (χ1v) is 8.45. The lowest BCUT2D eigenvalue weighted by Crippen LogP contribution is -2.27. The molecule has 3 rings (SSSR count). The van der Waals surface area contributed by atoms with Gasteiger partial charge in [0.15, 0.2) is 0 Å². The zero-order chi connectivity index (χ0) is 17.8. The molecule has 0 saturated carbocycles. The number of hydrogen-bond donors (Lipinski definition) is 1. The number of aromatic nitrogens is 4. The fourth-order valence-corrected chi connectivity index (χ4v) is 2.61. The Labute approximate surface area is 147 Å². The molecule has 2 aromatic heterocycles. The second-order valence-electron chi connectivity index (χ2n) is 6.37. The predicted octanol–water partition coefficient (Wildman–Crippen LogP) is 2.70. The van der Waals surface area contributed by atoms with Crippen molar-refractivity contribution >= 4 is 5.91 Å². The van der Waals surface area contributed by atoms with Crippen LogP contribution >= 0.6 is 0 Å². The molecule has 6 heteroatoms. The van der Waals surface area contributed by atoms with Crippen LogP contribution < -0.4 is 5.32 Å². The highest BCUT2D eigenvalue weighted by Gasteiger charge is 2.14. The summed E-state index contributed by atoms with van der Waals surface area (Å²) in [7, 11) is 1.80. The van der Waals surface area contributed by atoms with Crippen molar-refractivity contribution in [1.82, 2.24) is 24.9 Å². The quantitative estimate of drug-likeness (QED) is 0.752. The molecule has 1 N–H and O–H groups in total. The molecule has 3 aromatic rings. The van der Waals surface area contributed by atoms with Gasteiger partial charge >= 0.3 is 0 Å². The van der Waals surface area contributed by atoms with Gasteiger partial charge in [-0.15, -0.1) is 0 Å². The number of aryl methyl sites for hydroxylation is 1. The SMILES string of the molecule is CC(C)c1cc(C(=O)NCCc2cnn(-c3ccccc3)c2)n(C)n1. The molecule has 0 spiro atoms. The molecule has 0 atom stereocenters. The average molecular weight is 337 g/mol. The summed E-state index contributed by atoms with van der Waals surface area (Å²) >= 11 is 0. The Balaban J connectivity index is 1.56. The second kappa shape index (κ2) is 7.34. The Morgan fingerprint density at radius 2 is 2.00 bits per heavy atom. The van der Waals surface area contributed by atoms with Crippen LogP contribution in [0.2, 0.25) is 0 Å². The van der Waals surface area contributed by atoms with Gasteiger partial charge in [0.1, 0.15) is 5.69 Å². The topological polar surface area (TPSA) is 64.7 Å². The molecule has 0 saturated heterocycles. The summed E-state index contributed by atoms with van der Waals surface area (Å²) in [6.45, 7) is 4.68. The maximum atomic E-state index is 12.3. The van der Waals surface area contributed by atoms with E-state index in [4.69, 9.17) is 0 Å². The Bertz CT molecular complexity index is 848. The minimum atomic E-state index is -0.0997. The Hall–Kier alpha value is -2.89. The van der Waals surface area contributed by atoms with Crippen LogP contribution in [0.4, 0.5) is 0 Å². The lowest BCUT2D eigenvalue weighted by atomic mass is 10.1. The number of benzene rings is 1. The van der Waals surface area contributed by atoms with Gasteiger partial charge in [0, 0.05) is 19.8 Å². The predicted molar refractivity (Wildman–Crippen MR) is 96.9 cm³/mol. The van der Waals surface area contributed by atoms with Gasteiger partial charge in [0.05, 0.1) is 17.6 Å². The van der Waals surface area contributed by atoms with E-state index in [0.29, 0.717) is 18.2 Å². The van der Waals surface area contributed by atoms with Crippen molar-refractivity contribution in [3.05, 3.63) is 65.7 Å². The molecule has 130 valence electrons. The molecule has 0 aliphatic rings. The van der Waals surface area contributed by atoms with E-state index in [9.17, 15) is 4.79 Å². The summed E-state index contributed by atoms with van der Waals surface area (Å²) < 4.78 is 3.48. The zero-order valence-electron chi connectivity index (χ0n) is 14.8. The third kappa shape index (κ3) is 3.96. The van der Waals surface area contributed by atoms with E-state index in [2.05, 4.69) is 29.4 Å². The molecule has 1 amide bonds. The van der Waals surface area contributed by atoms with Crippen LogP contribution in [0.5, 0.6) is 0 Å². The van der Waals surface area contributed by atoms with E-state index in [1.54, 1.807) is 11.7 Å². The maximum Gasteiger partial charge on any atom is 0.269 e. The molecule has 0 radical (unpaired) electrons. The van der Waals surface area contributed by atoms with Crippen LogP contribution in [0, 0.1) is 0 Å². The molecule has 0 aliphatic carbocycles. The van der Waals surface area contributed by atoms with Crippen LogP contribution in [0.25, 0.3) is 5.69 Å². The molecular formula is C19H23N5O. The van der Waals surface area contributed by atoms with Crippen LogP contribution in [0.3, 0.4) is 0 Å². The highest BCUT2D eigenvalue weighted by atomic mass is 16.2. The number of para-hydroxylation sites is 1. The summed E-state index contributed by atoms with van der Waals surface area (Å²) in [5.74, 6) is 0.203. The number of hydrogen-bond acceptors (Lipinski definition) is 3. The number of carbonyl (C=O) groups excluding carboxylic acids is 1. The lowest BCUT2D eigenvalue weighted by Gasteiger charge is -2.04. The number of amides is 1. The van der Waals surface area contributed by atoms with E-state index in [0.717, 1.165) is 23.4 Å². The average Bonchev–Trinajstić information content (AvgIpc) is 3.22. The second-order valence-corrected chi connectivity index (χ2v) is 6.37. The first-order chi connectivity index (χ1) is 12.0. The van der Waals surface area contributed by atoms with E-state index < -0.39 is 0 Å². The standard InChI is InChI=1S/C19H23N5O/c1-14(2)17-11-18(23(3)22-17)19(25)20-10-9-15-12-21-24(13-15)16-7-5-4-6-8-16/h4-8,11-14H,9-10H2,1-3H3,(H,20,25). The molecule has 2 heterocycles. The van der Waals surface area contributed by atoms with Crippen molar-refractivity contribution in [2.24, 2.45) is 7.05 Å². The number of nitrogens with one attached hydrogen (secondary N) is 1. The third-order valence-electron chi connectivity index (χ3n) is 4.08. The van der Waals surface area contributed by atoms with Gasteiger partial charge in [-0.3, -0.25) is 9.48 Å². The highest BCUT2D eigenvalue weighted by Crippen LogP contribution is 2.13. The summed E-state index contributed by atoms with van der Waals surface area (Å²) in [6.07, 6.45) is 4.55. The molecule has 0 bridgehead atoms. The summed E-state index contributed by atoms with van der Waals surface area (Å²) in [5.41, 5.74) is 3.62. The van der Waals surface area contributed by atoms with Gasteiger partial charge in [0.25, 0.3) is 5.91 Å². The molecular weight excluding hydrogens is 314 g/mol. The van der Waals surface area contributed by atoms with Crippen molar-refractivity contribution in [3.63, 3.8) is 0 Å². The van der Waals surface area contributed by atoms with Gasteiger partial charge in [-0.25, -0.2) is 4.68 Å². The van der Waals surface area contributed by atoms with Gasteiger partial charge in [-0.2, -0.15) is 10.2 Å². The van der Waals surface area contributed by atoms with Crippen LogP contribution in [-0.4, -0.2) is 32.0 Å². The first-order valence-electron chi connectivity index (χ1n) is 8.45. The monoisotopic (exact) mass is 337 g/mol. The lowest BCUT2D eigenvalue weighted by molar-refractivity contribution is 0.0944. The third-order valence-corrected chi connectivity index (χ3v) is 4.08. The van der Waals surface area contributed by atoms with Gasteiger partial charge in [-0.1, -0.05) is 32.0 Å². The summed E-state index contributed by atoms with van der Waals surface area (Å²) in [6, 6.07) is 11.8. The van der Waals surface area contributed by atoms with Gasteiger partial charge in [0.2, 0.25) is 0 Å². The first kappa shape index (κ1) is 17.0. The van der Waals surface area contributed by atoms with E-state index in [1.165, 1.54) is 0 Å². The van der Waals surface area contributed by atoms with Gasteiger partial charge < -0.3 is 5.32 Å². The van der Waals surface area contributed by atoms with Crippen molar-refractivity contribution in [3.8, 4) is 5.69 Å². The van der Waals surface area contributed by atoms with Crippen LogP contribution in [0.1, 0.15) is 41.5 Å².